The van der Waals surface area contributed by atoms with Crippen LogP contribution in [0, 0.1) is 0 Å². The van der Waals surface area contributed by atoms with Crippen molar-refractivity contribution in [3.05, 3.63) is 0 Å². The Balaban J connectivity index is 0. The summed E-state index contributed by atoms with van der Waals surface area (Å²) in [6.45, 7) is 0. The van der Waals surface area contributed by atoms with E-state index in [4.69, 9.17) is 0 Å². The Morgan fingerprint density at radius 2 is 1.00 bits per heavy atom. The first-order valence-electron chi connectivity index (χ1n) is 0. The maximum atomic E-state index is 0. The Morgan fingerprint density at radius 1 is 1.00 bits per heavy atom. The van der Waals surface area contributed by atoms with Gasteiger partial charge in [-0.05, 0) is 0 Å². The molecule has 0 fully saturated rings. The van der Waals surface area contributed by atoms with Crippen LogP contribution in [0.2, 0.25) is 0 Å². The second kappa shape index (κ2) is 36.4. The third-order valence-electron chi connectivity index (χ3n) is 0. The van der Waals surface area contributed by atoms with Gasteiger partial charge in [-0.15, -0.1) is 0 Å². The third kappa shape index (κ3) is 23.5. The van der Waals surface area contributed by atoms with Crippen molar-refractivity contribution in [2.24, 2.45) is 0 Å². The maximum Gasteiger partial charge on any atom is 0 e. The summed E-state index contributed by atoms with van der Waals surface area (Å²) in [5, 5.41) is 0. The molecule has 0 rings (SSSR count). The summed E-state index contributed by atoms with van der Waals surface area (Å²) in [7, 11) is 0. The Hall–Kier alpha value is 2.07. The molecular formula is H3AsGeNSiTe. The molecule has 0 atom stereocenters. The van der Waals surface area contributed by atoms with Gasteiger partial charge in [-0.3, -0.25) is 0 Å². The summed E-state index contributed by atoms with van der Waals surface area (Å²) < 4.78 is 0. The van der Waals surface area contributed by atoms with E-state index in [0.717, 1.165) is 0 Å². The molecule has 0 unspecified atom stereocenters. The fraction of sp³-hybridized carbons (Fsp3) is 0. The summed E-state index contributed by atoms with van der Waals surface area (Å²) in [6, 6.07) is 0. The summed E-state index contributed by atoms with van der Waals surface area (Å²) in [5.74, 6) is 0. The Bertz CT molecular complexity index is 11.6. The summed E-state index contributed by atoms with van der Waals surface area (Å²) in [6.07, 6.45) is 0. The van der Waals surface area contributed by atoms with Crippen molar-refractivity contribution in [2.75, 3.05) is 0 Å². The van der Waals surface area contributed by atoms with Gasteiger partial charge in [0.05, 0.1) is 0 Å². The van der Waals surface area contributed by atoms with E-state index in [2.05, 4.69) is 0 Å². The zero-order valence-electron chi connectivity index (χ0n) is 2.56. The summed E-state index contributed by atoms with van der Waals surface area (Å²) in [5.41, 5.74) is 0. The molecule has 3 N–H and O–H groups in total. The first-order chi connectivity index (χ1) is 0. The second-order valence-corrected chi connectivity index (χ2v) is 0. The molecule has 5 heteroatoms. The van der Waals surface area contributed by atoms with Crippen LogP contribution < -0.4 is 6.15 Å². The van der Waals surface area contributed by atoms with Crippen LogP contribution in [0.4, 0.5) is 0 Å². The Morgan fingerprint density at radius 3 is 1.00 bits per heavy atom. The van der Waals surface area contributed by atoms with Gasteiger partial charge >= 0.3 is 0 Å². The smallest absolute Gasteiger partial charge is 0 e. The van der Waals surface area contributed by atoms with Gasteiger partial charge in [-0.2, -0.15) is 0 Å². The molecule has 0 aromatic carbocycles. The van der Waals surface area contributed by atoms with Crippen LogP contribution >= 0.6 is 0 Å². The normalized spacial score (nSPS) is 0. The minimum absolute atomic E-state index is 0. The third-order valence-corrected chi connectivity index (χ3v) is 0. The number of hydrogen-bond acceptors (Lipinski definition) is 1. The predicted octanol–water partition coefficient (Wildman–Crippen LogP) is -1.36. The van der Waals surface area contributed by atoms with E-state index in [1.807, 2.05) is 0 Å². The SMILES string of the molecule is N.[As].[Ge].[Si].[Te]. The van der Waals surface area contributed by atoms with Crippen LogP contribution in [0.15, 0.2) is 0 Å². The van der Waals surface area contributed by atoms with Crippen LogP contribution in [0.3, 0.4) is 0 Å². The van der Waals surface area contributed by atoms with Crippen LogP contribution in [0.5, 0.6) is 0 Å². The van der Waals surface area contributed by atoms with Crippen molar-refractivity contribution >= 4 is 70.2 Å². The minimum atomic E-state index is 0. The van der Waals surface area contributed by atoms with Crippen LogP contribution in [-0.2, 0) is 0 Å². The summed E-state index contributed by atoms with van der Waals surface area (Å²) in [4.78, 5) is 0. The molecule has 1 nitrogen and oxygen atoms in total. The molecule has 0 heterocycles. The average Bonchev–Trinajstić information content (AvgIpc) is 0. The molecule has 0 aliphatic heterocycles. The fourth-order valence-electron chi connectivity index (χ4n) is 0. The van der Waals surface area contributed by atoms with Crippen molar-refractivity contribution < 1.29 is 0 Å². The standard InChI is InChI=1S/As.Ge.H3N.Si.Te/h;;1H3;;. The molecule has 0 aliphatic rings. The minimum Gasteiger partial charge on any atom is -0.344 e. The number of rotatable bonds is 0. The quantitative estimate of drug-likeness (QED) is 0.550. The molecule has 0 saturated heterocycles. The van der Waals surface area contributed by atoms with E-state index in [-0.39, 0.29) is 76.3 Å². The molecule has 5 heavy (non-hydrogen) atoms. The van der Waals surface area contributed by atoms with Crippen molar-refractivity contribution in [3.63, 3.8) is 0 Å². The topological polar surface area (TPSA) is 35.0 Å². The average molecular weight is 320 g/mol. The Labute approximate surface area is 75.7 Å². The molecule has 0 aromatic heterocycles. The molecule has 0 spiro atoms. The molecule has 13 radical (unpaired) electrons. The predicted molar refractivity (Wildman–Crippen MR) is 28.0 cm³/mol. The van der Waals surface area contributed by atoms with Crippen molar-refractivity contribution in [1.29, 1.82) is 0 Å². The fourth-order valence-corrected chi connectivity index (χ4v) is 0. The molecule has 0 aromatic rings. The second-order valence-electron chi connectivity index (χ2n) is 0. The van der Waals surface area contributed by atoms with Gasteiger partial charge in [-0.1, -0.05) is 0 Å². The van der Waals surface area contributed by atoms with Crippen LogP contribution in [0.25, 0.3) is 0 Å². The zero-order valence-corrected chi connectivity index (χ0v) is 9.87. The molecule has 0 aliphatic carbocycles. The number of hydrogen-bond donors (Lipinski definition) is 1. The van der Waals surface area contributed by atoms with Crippen molar-refractivity contribution in [1.82, 2.24) is 6.15 Å². The van der Waals surface area contributed by atoms with Gasteiger partial charge in [0.2, 0.25) is 0 Å². The van der Waals surface area contributed by atoms with E-state index in [1.54, 1.807) is 0 Å². The van der Waals surface area contributed by atoms with E-state index in [1.165, 1.54) is 0 Å². The zero-order chi connectivity index (χ0) is 0. The first kappa shape index (κ1) is 60.9. The molecule has 0 saturated carbocycles. The van der Waals surface area contributed by atoms with Crippen LogP contribution in [-0.4, -0.2) is 70.2 Å². The van der Waals surface area contributed by atoms with Gasteiger partial charge in [0.1, 0.15) is 0 Å². The molecule has 27 valence electrons. The van der Waals surface area contributed by atoms with E-state index in [0.29, 0.717) is 0 Å². The van der Waals surface area contributed by atoms with E-state index in [9.17, 15) is 0 Å². The van der Waals surface area contributed by atoms with Gasteiger partial charge in [-0.25, -0.2) is 0 Å². The molecular weight excluding hydrogens is 317 g/mol. The monoisotopic (exact) mass is 324 g/mol. The van der Waals surface area contributed by atoms with Crippen LogP contribution in [0.1, 0.15) is 0 Å². The first-order valence-corrected chi connectivity index (χ1v) is 0. The summed E-state index contributed by atoms with van der Waals surface area (Å²) >= 11 is 0. The maximum absolute atomic E-state index is 0. The van der Waals surface area contributed by atoms with Gasteiger partial charge in [0.25, 0.3) is 0 Å². The van der Waals surface area contributed by atoms with Gasteiger partial charge < -0.3 is 6.15 Å². The Kier molecular flexibility index (Phi) is 444. The largest absolute Gasteiger partial charge is 0.344 e. The molecule has 0 bridgehead atoms. The van der Waals surface area contributed by atoms with E-state index < -0.39 is 0 Å². The van der Waals surface area contributed by atoms with Crippen molar-refractivity contribution in [2.45, 2.75) is 0 Å². The molecule has 0 amide bonds. The van der Waals surface area contributed by atoms with E-state index >= 15 is 0 Å². The van der Waals surface area contributed by atoms with Crippen molar-refractivity contribution in [3.8, 4) is 0 Å². The van der Waals surface area contributed by atoms with Gasteiger partial charge in [0, 0.05) is 70.2 Å². The van der Waals surface area contributed by atoms with Gasteiger partial charge in [0.15, 0.2) is 0 Å².